The van der Waals surface area contributed by atoms with Crippen molar-refractivity contribution in [3.8, 4) is 5.75 Å². The number of rotatable bonds is 7. The molecule has 1 saturated heterocycles. The average Bonchev–Trinajstić information content (AvgIpc) is 2.82. The molecule has 0 saturated carbocycles. The Kier molecular flexibility index (Phi) is 6.93. The minimum absolute atomic E-state index is 0.148. The van der Waals surface area contributed by atoms with Crippen molar-refractivity contribution in [1.29, 1.82) is 0 Å². The summed E-state index contributed by atoms with van der Waals surface area (Å²) in [7, 11) is 3.95. The summed E-state index contributed by atoms with van der Waals surface area (Å²) in [6.45, 7) is 5.75. The van der Waals surface area contributed by atoms with E-state index >= 15 is 0 Å². The summed E-state index contributed by atoms with van der Waals surface area (Å²) in [4.78, 5) is 19.4. The lowest BCUT2D eigenvalue weighted by molar-refractivity contribution is 0.241. The number of para-hydroxylation sites is 1. The molecule has 4 rings (SSSR count). The molecule has 0 aliphatic carbocycles. The molecule has 0 atom stereocenters. The second kappa shape index (κ2) is 10.0. The molecule has 32 heavy (non-hydrogen) atoms. The van der Waals surface area contributed by atoms with E-state index in [1.165, 1.54) is 11.3 Å². The summed E-state index contributed by atoms with van der Waals surface area (Å²) in [5, 5.41) is 10.5. The summed E-state index contributed by atoms with van der Waals surface area (Å²) in [6, 6.07) is 22.3. The van der Waals surface area contributed by atoms with Gasteiger partial charge in [0.1, 0.15) is 0 Å². The van der Waals surface area contributed by atoms with Gasteiger partial charge >= 0.3 is 0 Å². The number of piperazine rings is 1. The molecule has 1 N–H and O–H groups in total. The van der Waals surface area contributed by atoms with Crippen LogP contribution in [0, 0.1) is 0 Å². The fraction of sp³-hybridized carbons (Fsp3) is 0.346. The molecule has 3 aromatic rings. The van der Waals surface area contributed by atoms with E-state index in [2.05, 4.69) is 51.1 Å². The number of aromatic hydroxyl groups is 1. The van der Waals surface area contributed by atoms with E-state index in [0.29, 0.717) is 18.8 Å². The van der Waals surface area contributed by atoms with Gasteiger partial charge in [0.15, 0.2) is 5.75 Å². The second-order valence-electron chi connectivity index (χ2n) is 8.61. The number of hydrogen-bond donors (Lipinski definition) is 1. The maximum Gasteiger partial charge on any atom is 0.223 e. The molecule has 6 heteroatoms. The first kappa shape index (κ1) is 22.1. The van der Waals surface area contributed by atoms with E-state index in [4.69, 9.17) is 0 Å². The van der Waals surface area contributed by atoms with Gasteiger partial charge in [-0.05, 0) is 24.7 Å². The lowest BCUT2D eigenvalue weighted by atomic mass is 10.2. The molecular formula is C26H32N4O2. The van der Waals surface area contributed by atoms with Gasteiger partial charge < -0.3 is 14.6 Å². The number of hydrogen-bond acceptors (Lipinski definition) is 5. The molecule has 1 aromatic heterocycles. The summed E-state index contributed by atoms with van der Waals surface area (Å²) in [5.74, 6) is -0.148. The lowest BCUT2D eigenvalue weighted by Crippen LogP contribution is -2.46. The zero-order valence-electron chi connectivity index (χ0n) is 18.9. The van der Waals surface area contributed by atoms with Crippen LogP contribution < -0.4 is 10.3 Å². The van der Waals surface area contributed by atoms with E-state index < -0.39 is 0 Å². The standard InChI is InChI=1S/C26H32N4O2/c1-27(18-21-9-5-3-6-10-21)20-24-26(32)25(31)17-23(28(24)2)19-29-13-15-30(16-14-29)22-11-7-4-8-12-22/h3-12,17,32H,13-16,18-20H2,1-2H3. The fourth-order valence-electron chi connectivity index (χ4n) is 4.36. The number of benzene rings is 2. The van der Waals surface area contributed by atoms with E-state index in [9.17, 15) is 9.90 Å². The molecule has 0 bridgehead atoms. The van der Waals surface area contributed by atoms with E-state index in [1.54, 1.807) is 6.07 Å². The highest BCUT2D eigenvalue weighted by molar-refractivity contribution is 5.46. The Hall–Kier alpha value is -3.09. The molecule has 1 fully saturated rings. The SMILES string of the molecule is CN(Cc1ccccc1)Cc1c(O)c(=O)cc(CN2CCN(c3ccccc3)CC2)n1C. The van der Waals surface area contributed by atoms with Crippen LogP contribution in [0.25, 0.3) is 0 Å². The van der Waals surface area contributed by atoms with Crippen LogP contribution in [0.2, 0.25) is 0 Å². The van der Waals surface area contributed by atoms with Crippen LogP contribution in [0.3, 0.4) is 0 Å². The van der Waals surface area contributed by atoms with Gasteiger partial charge in [0.2, 0.25) is 5.43 Å². The third-order valence-electron chi connectivity index (χ3n) is 6.23. The molecule has 0 amide bonds. The fourth-order valence-corrected chi connectivity index (χ4v) is 4.36. The van der Waals surface area contributed by atoms with Gasteiger partial charge in [0.05, 0.1) is 5.69 Å². The van der Waals surface area contributed by atoms with E-state index in [0.717, 1.165) is 38.4 Å². The molecule has 1 aliphatic rings. The minimum atomic E-state index is -0.302. The summed E-state index contributed by atoms with van der Waals surface area (Å²) in [6.07, 6.45) is 0. The van der Waals surface area contributed by atoms with Gasteiger partial charge in [-0.2, -0.15) is 0 Å². The molecule has 1 aliphatic heterocycles. The summed E-state index contributed by atoms with van der Waals surface area (Å²) < 4.78 is 1.99. The summed E-state index contributed by atoms with van der Waals surface area (Å²) in [5.41, 5.74) is 3.75. The van der Waals surface area contributed by atoms with Gasteiger partial charge in [0, 0.05) is 70.3 Å². The predicted octanol–water partition coefficient (Wildman–Crippen LogP) is 3.05. The maximum atomic E-state index is 12.5. The minimum Gasteiger partial charge on any atom is -0.503 e. The Morgan fingerprint density at radius 1 is 0.906 bits per heavy atom. The highest BCUT2D eigenvalue weighted by atomic mass is 16.3. The van der Waals surface area contributed by atoms with Crippen LogP contribution in [0.1, 0.15) is 17.0 Å². The Morgan fingerprint density at radius 3 is 2.19 bits per heavy atom. The molecule has 2 aromatic carbocycles. The summed E-state index contributed by atoms with van der Waals surface area (Å²) >= 11 is 0. The Labute approximate surface area is 189 Å². The van der Waals surface area contributed by atoms with Gasteiger partial charge in [0.25, 0.3) is 0 Å². The van der Waals surface area contributed by atoms with Gasteiger partial charge in [-0.3, -0.25) is 14.6 Å². The van der Waals surface area contributed by atoms with E-state index in [-0.39, 0.29) is 11.2 Å². The van der Waals surface area contributed by atoms with Crippen LogP contribution in [0.5, 0.6) is 5.75 Å². The van der Waals surface area contributed by atoms with Crippen LogP contribution in [-0.4, -0.2) is 52.7 Å². The third kappa shape index (κ3) is 5.21. The van der Waals surface area contributed by atoms with Crippen molar-refractivity contribution in [2.45, 2.75) is 19.6 Å². The van der Waals surface area contributed by atoms with Crippen LogP contribution in [0.4, 0.5) is 5.69 Å². The zero-order chi connectivity index (χ0) is 22.5. The zero-order valence-corrected chi connectivity index (χ0v) is 18.9. The van der Waals surface area contributed by atoms with Crippen LogP contribution in [-0.2, 0) is 26.7 Å². The molecule has 2 heterocycles. The first-order valence-electron chi connectivity index (χ1n) is 11.2. The van der Waals surface area contributed by atoms with Crippen molar-refractivity contribution in [3.05, 3.63) is 93.9 Å². The highest BCUT2D eigenvalue weighted by Gasteiger charge is 2.20. The number of nitrogens with zero attached hydrogens (tertiary/aromatic N) is 4. The predicted molar refractivity (Wildman–Crippen MR) is 129 cm³/mol. The quantitative estimate of drug-likeness (QED) is 0.622. The molecule has 6 nitrogen and oxygen atoms in total. The molecule has 0 unspecified atom stereocenters. The second-order valence-corrected chi connectivity index (χ2v) is 8.61. The maximum absolute atomic E-state index is 12.5. The molecule has 0 radical (unpaired) electrons. The van der Waals surface area contributed by atoms with Crippen molar-refractivity contribution in [1.82, 2.24) is 14.4 Å². The Bertz CT molecular complexity index is 1070. The number of pyridine rings is 1. The van der Waals surface area contributed by atoms with Crippen molar-refractivity contribution in [3.63, 3.8) is 0 Å². The van der Waals surface area contributed by atoms with Crippen LogP contribution >= 0.6 is 0 Å². The van der Waals surface area contributed by atoms with Crippen molar-refractivity contribution in [2.75, 3.05) is 38.1 Å². The molecule has 168 valence electrons. The van der Waals surface area contributed by atoms with Gasteiger partial charge in [-0.15, -0.1) is 0 Å². The smallest absolute Gasteiger partial charge is 0.223 e. The lowest BCUT2D eigenvalue weighted by Gasteiger charge is -2.36. The van der Waals surface area contributed by atoms with E-state index in [1.807, 2.05) is 42.9 Å². The number of aromatic nitrogens is 1. The highest BCUT2D eigenvalue weighted by Crippen LogP contribution is 2.20. The average molecular weight is 433 g/mol. The molecular weight excluding hydrogens is 400 g/mol. The van der Waals surface area contributed by atoms with Crippen molar-refractivity contribution < 1.29 is 5.11 Å². The van der Waals surface area contributed by atoms with Crippen molar-refractivity contribution in [2.24, 2.45) is 7.05 Å². The first-order chi connectivity index (χ1) is 15.5. The Morgan fingerprint density at radius 2 is 1.53 bits per heavy atom. The van der Waals surface area contributed by atoms with Crippen LogP contribution in [0.15, 0.2) is 71.5 Å². The Balaban J connectivity index is 1.43. The van der Waals surface area contributed by atoms with Crippen molar-refractivity contribution >= 4 is 5.69 Å². The topological polar surface area (TPSA) is 52.0 Å². The largest absolute Gasteiger partial charge is 0.503 e. The third-order valence-corrected chi connectivity index (χ3v) is 6.23. The monoisotopic (exact) mass is 432 g/mol. The first-order valence-corrected chi connectivity index (χ1v) is 11.2. The van der Waals surface area contributed by atoms with Gasteiger partial charge in [-0.1, -0.05) is 48.5 Å². The van der Waals surface area contributed by atoms with Gasteiger partial charge in [-0.25, -0.2) is 0 Å². The normalized spacial score (nSPS) is 14.8. The molecule has 0 spiro atoms. The number of anilines is 1.